The molecule has 0 aromatic rings. The Kier molecular flexibility index (Phi) is 63.4. The highest BCUT2D eigenvalue weighted by atomic mass is 16.7. The van der Waals surface area contributed by atoms with Crippen molar-refractivity contribution in [3.05, 3.63) is 36.5 Å². The second-order valence-electron chi connectivity index (χ2n) is 24.9. The molecule has 0 saturated carbocycles. The summed E-state index contributed by atoms with van der Waals surface area (Å²) in [4.78, 5) is 41.9. The fourth-order valence-electron chi connectivity index (χ4n) is 10.8. The SMILES string of the molecule is CCCCCCCC/C=C/CCCCCCCCCNCOCOCC(COCCCCCCCCC/C=C/CCCCCCCC)(COCCC(=O)ON1C(=O)CCC1=O)COCOCNCCCCCCCCC/C=C/CCCCCCCC. The van der Waals surface area contributed by atoms with Crippen LogP contribution < -0.4 is 10.6 Å². The van der Waals surface area contributed by atoms with Crippen LogP contribution in [0.15, 0.2) is 36.5 Å². The van der Waals surface area contributed by atoms with Crippen LogP contribution in [-0.4, -0.2) is 103 Å². The van der Waals surface area contributed by atoms with Crippen LogP contribution in [0, 0.1) is 5.41 Å². The summed E-state index contributed by atoms with van der Waals surface area (Å²) in [6.45, 7) is 11.1. The van der Waals surface area contributed by atoms with E-state index in [0.717, 1.165) is 38.8 Å². The lowest BCUT2D eigenvalue weighted by Crippen LogP contribution is -2.42. The van der Waals surface area contributed by atoms with E-state index in [4.69, 9.17) is 33.3 Å². The normalized spacial score (nSPS) is 13.2. The van der Waals surface area contributed by atoms with Crippen LogP contribution in [-0.2, 0) is 47.6 Å². The van der Waals surface area contributed by atoms with Gasteiger partial charge in [-0.05, 0) is 109 Å². The minimum atomic E-state index is -0.741. The van der Waals surface area contributed by atoms with Gasteiger partial charge in [-0.25, -0.2) is 4.79 Å². The zero-order chi connectivity index (χ0) is 61.8. The molecule has 0 unspecified atom stereocenters. The highest BCUT2D eigenvalue weighted by Crippen LogP contribution is 2.23. The molecule has 2 amide bonds. The van der Waals surface area contributed by atoms with Crippen molar-refractivity contribution in [2.24, 2.45) is 5.41 Å². The monoisotopic (exact) mass is 1220 g/mol. The van der Waals surface area contributed by atoms with Gasteiger partial charge >= 0.3 is 5.97 Å². The van der Waals surface area contributed by atoms with Crippen molar-refractivity contribution < 1.29 is 47.6 Å². The van der Waals surface area contributed by atoms with E-state index in [1.807, 2.05) is 0 Å². The summed E-state index contributed by atoms with van der Waals surface area (Å²) in [5, 5.41) is 7.38. The molecule has 1 heterocycles. The number of allylic oxidation sites excluding steroid dienone is 6. The van der Waals surface area contributed by atoms with Crippen LogP contribution >= 0.6 is 0 Å². The van der Waals surface area contributed by atoms with Gasteiger partial charge in [-0.3, -0.25) is 20.2 Å². The molecule has 0 bridgehead atoms. The third kappa shape index (κ3) is 56.7. The molecule has 0 aromatic carbocycles. The third-order valence-electron chi connectivity index (χ3n) is 16.3. The molecule has 1 aliphatic rings. The van der Waals surface area contributed by atoms with E-state index in [1.54, 1.807) is 0 Å². The molecule has 1 saturated heterocycles. The topological polar surface area (TPSA) is 143 Å². The predicted molar refractivity (Wildman–Crippen MR) is 358 cm³/mol. The quantitative estimate of drug-likeness (QED) is 0.0259. The second kappa shape index (κ2) is 66.9. The number of nitrogens with zero attached hydrogens (tertiary/aromatic N) is 1. The predicted octanol–water partition coefficient (Wildman–Crippen LogP) is 19.4. The zero-order valence-corrected chi connectivity index (χ0v) is 56.4. The van der Waals surface area contributed by atoms with Crippen molar-refractivity contribution >= 4 is 17.8 Å². The summed E-state index contributed by atoms with van der Waals surface area (Å²) in [5.41, 5.74) is -0.741. The largest absolute Gasteiger partial charge is 0.381 e. The van der Waals surface area contributed by atoms with Gasteiger partial charge in [-0.15, -0.1) is 5.06 Å². The Labute approximate surface area is 529 Å². The first-order valence-electron chi connectivity index (χ1n) is 36.4. The fraction of sp³-hybridized carbons (Fsp3) is 0.877. The van der Waals surface area contributed by atoms with Crippen molar-refractivity contribution in [1.29, 1.82) is 0 Å². The van der Waals surface area contributed by atoms with E-state index in [-0.39, 0.29) is 59.3 Å². The number of rotatable bonds is 71. The van der Waals surface area contributed by atoms with Crippen molar-refractivity contribution in [2.45, 2.75) is 329 Å². The number of hydroxylamine groups is 2. The van der Waals surface area contributed by atoms with Gasteiger partial charge in [0.05, 0.1) is 58.3 Å². The third-order valence-corrected chi connectivity index (χ3v) is 16.3. The summed E-state index contributed by atoms with van der Waals surface area (Å²) in [7, 11) is 0. The summed E-state index contributed by atoms with van der Waals surface area (Å²) in [6.07, 6.45) is 72.2. The molecule has 1 rings (SSSR count). The highest BCUT2D eigenvalue weighted by molar-refractivity contribution is 6.01. The molecule has 1 fully saturated rings. The molecule has 13 heteroatoms. The molecule has 86 heavy (non-hydrogen) atoms. The van der Waals surface area contributed by atoms with Crippen molar-refractivity contribution in [2.75, 3.05) is 79.8 Å². The Hall–Kier alpha value is -2.49. The average Bonchev–Trinajstić information content (AvgIpc) is 3.96. The number of carbonyl (C=O) groups excluding carboxylic acids is 3. The van der Waals surface area contributed by atoms with E-state index in [0.29, 0.717) is 31.7 Å². The summed E-state index contributed by atoms with van der Waals surface area (Å²) >= 11 is 0. The molecule has 504 valence electrons. The van der Waals surface area contributed by atoms with Gasteiger partial charge in [-0.2, -0.15) is 0 Å². The number of nitrogens with one attached hydrogen (secondary N) is 2. The van der Waals surface area contributed by atoms with Gasteiger partial charge in [0.2, 0.25) is 0 Å². The lowest BCUT2D eigenvalue weighted by atomic mass is 9.92. The first kappa shape index (κ1) is 81.5. The van der Waals surface area contributed by atoms with Crippen LogP contribution in [0.1, 0.15) is 329 Å². The van der Waals surface area contributed by atoms with Crippen LogP contribution in [0.5, 0.6) is 0 Å². The standard InChI is InChI=1S/C73H137N3O10/c1-4-7-10-13-16-19-22-25-28-31-34-37-40-43-46-49-52-58-74-66-84-68-82-64-73(63-81-61-57-72(79)86-76-70(77)55-56-71(76)78,62-80-60-54-51-48-45-42-39-36-33-30-27-24-21-18-15-12-9-6-3)65-83-69-85-67-75-59-53-50-47-44-41-38-35-32-29-26-23-20-17-14-11-8-5-2/h25-30,74-75H,4-24,31-69H2,1-3H3/b28-25+,29-26+,30-27+. The van der Waals surface area contributed by atoms with Gasteiger partial charge in [0.1, 0.15) is 13.6 Å². The Morgan fingerprint density at radius 2 is 0.663 bits per heavy atom. The Morgan fingerprint density at radius 3 is 1.01 bits per heavy atom. The van der Waals surface area contributed by atoms with Crippen LogP contribution in [0.4, 0.5) is 0 Å². The maximum atomic E-state index is 12.7. The minimum Gasteiger partial charge on any atom is -0.381 e. The van der Waals surface area contributed by atoms with Crippen molar-refractivity contribution in [3.8, 4) is 0 Å². The van der Waals surface area contributed by atoms with Crippen molar-refractivity contribution in [3.63, 3.8) is 0 Å². The number of ether oxygens (including phenoxy) is 6. The Balaban J connectivity index is 2.58. The maximum absolute atomic E-state index is 12.7. The molecule has 0 atom stereocenters. The molecule has 1 aliphatic heterocycles. The van der Waals surface area contributed by atoms with Crippen LogP contribution in [0.3, 0.4) is 0 Å². The molecule has 2 N–H and O–H groups in total. The van der Waals surface area contributed by atoms with E-state index < -0.39 is 23.2 Å². The average molecular weight is 1220 g/mol. The number of hydrogen-bond acceptors (Lipinski definition) is 12. The summed E-state index contributed by atoms with van der Waals surface area (Å²) in [5.74, 6) is -1.73. The molecule has 0 aromatic heterocycles. The molecule has 13 nitrogen and oxygen atoms in total. The smallest absolute Gasteiger partial charge is 0.335 e. The van der Waals surface area contributed by atoms with Gasteiger partial charge in [0.15, 0.2) is 0 Å². The first-order valence-corrected chi connectivity index (χ1v) is 36.4. The zero-order valence-electron chi connectivity index (χ0n) is 56.4. The van der Waals surface area contributed by atoms with Gasteiger partial charge in [-0.1, -0.05) is 250 Å². The van der Waals surface area contributed by atoms with E-state index in [2.05, 4.69) is 67.9 Å². The van der Waals surface area contributed by atoms with E-state index in [9.17, 15) is 14.4 Å². The molecule has 0 aliphatic carbocycles. The Morgan fingerprint density at radius 1 is 0.372 bits per heavy atom. The van der Waals surface area contributed by atoms with Gasteiger partial charge < -0.3 is 33.3 Å². The van der Waals surface area contributed by atoms with E-state index >= 15 is 0 Å². The van der Waals surface area contributed by atoms with Crippen LogP contribution in [0.25, 0.3) is 0 Å². The van der Waals surface area contributed by atoms with Crippen molar-refractivity contribution in [1.82, 2.24) is 15.7 Å². The maximum Gasteiger partial charge on any atom is 0.335 e. The fourth-order valence-corrected chi connectivity index (χ4v) is 10.8. The number of unbranched alkanes of at least 4 members (excludes halogenated alkanes) is 39. The number of amides is 2. The second-order valence-corrected chi connectivity index (χ2v) is 24.9. The molecule has 0 spiro atoms. The lowest BCUT2D eigenvalue weighted by molar-refractivity contribution is -0.198. The van der Waals surface area contributed by atoms with E-state index in [1.165, 1.54) is 263 Å². The molecular formula is C73H137N3O10. The number of hydrogen-bond donors (Lipinski definition) is 2. The summed E-state index contributed by atoms with van der Waals surface area (Å²) in [6, 6.07) is 0. The highest BCUT2D eigenvalue weighted by Gasteiger charge is 2.34. The first-order chi connectivity index (χ1) is 42.5. The lowest BCUT2D eigenvalue weighted by Gasteiger charge is -2.33. The van der Waals surface area contributed by atoms with Gasteiger partial charge in [0.25, 0.3) is 11.8 Å². The number of carbonyl (C=O) groups is 3. The molecular weight excluding hydrogens is 1080 g/mol. The molecule has 0 radical (unpaired) electrons. The number of imide groups is 1. The minimum absolute atomic E-state index is 0.0150. The van der Waals surface area contributed by atoms with Gasteiger partial charge in [0, 0.05) is 19.4 Å². The van der Waals surface area contributed by atoms with Crippen LogP contribution in [0.2, 0.25) is 0 Å². The summed E-state index contributed by atoms with van der Waals surface area (Å²) < 4.78 is 36.7. The Bertz CT molecular complexity index is 1470.